The van der Waals surface area contributed by atoms with Crippen molar-refractivity contribution < 1.29 is 14.5 Å². The standard InChI is InChI=1S/C18H17N5O4S/c1-22-11-20-21-18(22)28-16-8-7-12(9-14(16)23(25)26)17(24)19-10-13-5-3-4-6-15(13)27-2/h3-9,11H,10H2,1-2H3,(H,19,24). The maximum Gasteiger partial charge on any atom is 0.284 e. The van der Waals surface area contributed by atoms with E-state index >= 15 is 0 Å². The second-order valence-corrected chi connectivity index (χ2v) is 6.77. The molecular formula is C18H17N5O4S. The van der Waals surface area contributed by atoms with Crippen LogP contribution in [0.1, 0.15) is 15.9 Å². The Kier molecular flexibility index (Phi) is 5.90. The van der Waals surface area contributed by atoms with Crippen LogP contribution >= 0.6 is 11.8 Å². The highest BCUT2D eigenvalue weighted by Crippen LogP contribution is 2.34. The fraction of sp³-hybridized carbons (Fsp3) is 0.167. The van der Waals surface area contributed by atoms with E-state index in [9.17, 15) is 14.9 Å². The van der Waals surface area contributed by atoms with Crippen molar-refractivity contribution in [2.24, 2.45) is 7.05 Å². The van der Waals surface area contributed by atoms with Crippen molar-refractivity contribution in [2.75, 3.05) is 7.11 Å². The molecule has 0 radical (unpaired) electrons. The summed E-state index contributed by atoms with van der Waals surface area (Å²) in [7, 11) is 3.30. The molecule has 1 aromatic heterocycles. The second kappa shape index (κ2) is 8.53. The molecule has 1 N–H and O–H groups in total. The van der Waals surface area contributed by atoms with E-state index in [2.05, 4.69) is 15.5 Å². The van der Waals surface area contributed by atoms with E-state index in [-0.39, 0.29) is 17.8 Å². The molecule has 0 aliphatic heterocycles. The molecule has 0 fully saturated rings. The molecule has 3 aromatic rings. The van der Waals surface area contributed by atoms with Gasteiger partial charge in [0.15, 0.2) is 5.16 Å². The first-order valence-corrected chi connectivity index (χ1v) is 9.01. The lowest BCUT2D eigenvalue weighted by molar-refractivity contribution is -0.387. The molecule has 1 amide bonds. The van der Waals surface area contributed by atoms with E-state index in [1.165, 1.54) is 18.5 Å². The predicted molar refractivity (Wildman–Crippen MR) is 102 cm³/mol. The van der Waals surface area contributed by atoms with Gasteiger partial charge >= 0.3 is 0 Å². The summed E-state index contributed by atoms with van der Waals surface area (Å²) < 4.78 is 6.91. The van der Waals surface area contributed by atoms with Gasteiger partial charge in [-0.15, -0.1) is 10.2 Å². The molecule has 0 aliphatic rings. The van der Waals surface area contributed by atoms with E-state index < -0.39 is 10.8 Å². The zero-order chi connectivity index (χ0) is 20.1. The number of nitro groups is 1. The van der Waals surface area contributed by atoms with Crippen LogP contribution in [-0.2, 0) is 13.6 Å². The van der Waals surface area contributed by atoms with Crippen LogP contribution in [0.2, 0.25) is 0 Å². The summed E-state index contributed by atoms with van der Waals surface area (Å²) in [6.45, 7) is 0.242. The summed E-state index contributed by atoms with van der Waals surface area (Å²) in [6.07, 6.45) is 1.51. The minimum absolute atomic E-state index is 0.169. The number of methoxy groups -OCH3 is 1. The smallest absolute Gasteiger partial charge is 0.284 e. The highest BCUT2D eigenvalue weighted by molar-refractivity contribution is 7.99. The number of rotatable bonds is 7. The van der Waals surface area contributed by atoms with Gasteiger partial charge in [-0.3, -0.25) is 14.9 Å². The van der Waals surface area contributed by atoms with Gasteiger partial charge in [-0.1, -0.05) is 18.2 Å². The fourth-order valence-corrected chi connectivity index (χ4v) is 3.33. The van der Waals surface area contributed by atoms with Gasteiger partial charge in [-0.25, -0.2) is 0 Å². The average molecular weight is 399 g/mol. The lowest BCUT2D eigenvalue weighted by Gasteiger charge is -2.10. The molecule has 0 saturated carbocycles. The summed E-state index contributed by atoms with van der Waals surface area (Å²) >= 11 is 1.11. The first-order valence-electron chi connectivity index (χ1n) is 8.20. The Hall–Kier alpha value is -3.40. The molecular weight excluding hydrogens is 382 g/mol. The summed E-state index contributed by atoms with van der Waals surface area (Å²) in [4.78, 5) is 23.8. The molecule has 0 atom stereocenters. The summed E-state index contributed by atoms with van der Waals surface area (Å²) in [5.74, 6) is 0.244. The number of aromatic nitrogens is 3. The highest BCUT2D eigenvalue weighted by Gasteiger charge is 2.20. The zero-order valence-electron chi connectivity index (χ0n) is 15.2. The van der Waals surface area contributed by atoms with Crippen LogP contribution in [-0.4, -0.2) is 32.7 Å². The topological polar surface area (TPSA) is 112 Å². The van der Waals surface area contributed by atoms with E-state index in [0.29, 0.717) is 15.8 Å². The third kappa shape index (κ3) is 4.29. The molecule has 2 aromatic carbocycles. The maximum absolute atomic E-state index is 12.5. The minimum Gasteiger partial charge on any atom is -0.496 e. The Bertz CT molecular complexity index is 1020. The molecule has 144 valence electrons. The number of aryl methyl sites for hydroxylation is 1. The lowest BCUT2D eigenvalue weighted by atomic mass is 10.1. The number of benzene rings is 2. The Morgan fingerprint density at radius 2 is 2.11 bits per heavy atom. The summed E-state index contributed by atoms with van der Waals surface area (Å²) in [5.41, 5.74) is 0.837. The number of carbonyl (C=O) groups is 1. The number of hydrogen-bond acceptors (Lipinski definition) is 7. The number of para-hydroxylation sites is 1. The van der Waals surface area contributed by atoms with Crippen LogP contribution in [0.3, 0.4) is 0 Å². The first-order chi connectivity index (χ1) is 13.5. The molecule has 10 heteroatoms. The number of nitrogens with one attached hydrogen (secondary N) is 1. The molecule has 0 aliphatic carbocycles. The minimum atomic E-state index is -0.518. The van der Waals surface area contributed by atoms with Crippen molar-refractivity contribution in [3.63, 3.8) is 0 Å². The van der Waals surface area contributed by atoms with Crippen LogP contribution in [0.15, 0.2) is 58.8 Å². The van der Waals surface area contributed by atoms with E-state index in [1.807, 2.05) is 18.2 Å². The van der Waals surface area contributed by atoms with E-state index in [4.69, 9.17) is 4.74 Å². The molecule has 0 saturated heterocycles. The molecule has 0 unspecified atom stereocenters. The Labute approximate surface area is 164 Å². The van der Waals surface area contributed by atoms with Gasteiger partial charge < -0.3 is 14.6 Å². The lowest BCUT2D eigenvalue weighted by Crippen LogP contribution is -2.23. The number of amides is 1. The molecule has 0 spiro atoms. The molecule has 28 heavy (non-hydrogen) atoms. The molecule has 0 bridgehead atoms. The number of carbonyl (C=O) groups excluding carboxylic acids is 1. The Balaban J connectivity index is 1.78. The van der Waals surface area contributed by atoms with Gasteiger partial charge in [0.2, 0.25) is 0 Å². The van der Waals surface area contributed by atoms with Crippen LogP contribution in [0, 0.1) is 10.1 Å². The van der Waals surface area contributed by atoms with Gasteiger partial charge in [0.05, 0.1) is 16.9 Å². The van der Waals surface area contributed by atoms with Crippen LogP contribution < -0.4 is 10.1 Å². The van der Waals surface area contributed by atoms with Crippen LogP contribution in [0.5, 0.6) is 5.75 Å². The molecule has 9 nitrogen and oxygen atoms in total. The number of hydrogen-bond donors (Lipinski definition) is 1. The van der Waals surface area contributed by atoms with Crippen LogP contribution in [0.25, 0.3) is 0 Å². The van der Waals surface area contributed by atoms with Crippen molar-refractivity contribution in [3.05, 3.63) is 70.0 Å². The van der Waals surface area contributed by atoms with Crippen molar-refractivity contribution >= 4 is 23.4 Å². The third-order valence-electron chi connectivity index (χ3n) is 3.92. The average Bonchev–Trinajstić information content (AvgIpc) is 3.11. The van der Waals surface area contributed by atoms with E-state index in [1.54, 1.807) is 30.9 Å². The maximum atomic E-state index is 12.5. The van der Waals surface area contributed by atoms with Gasteiger partial charge in [0, 0.05) is 30.8 Å². The normalized spacial score (nSPS) is 10.5. The Morgan fingerprint density at radius 1 is 1.32 bits per heavy atom. The Morgan fingerprint density at radius 3 is 2.79 bits per heavy atom. The van der Waals surface area contributed by atoms with Crippen molar-refractivity contribution in [3.8, 4) is 5.75 Å². The van der Waals surface area contributed by atoms with Gasteiger partial charge in [-0.2, -0.15) is 0 Å². The quantitative estimate of drug-likeness (QED) is 0.480. The summed E-state index contributed by atoms with van der Waals surface area (Å²) in [5, 5.41) is 22.4. The monoisotopic (exact) mass is 399 g/mol. The van der Waals surface area contributed by atoms with Crippen molar-refractivity contribution in [1.82, 2.24) is 20.1 Å². The first kappa shape index (κ1) is 19.4. The summed E-state index contributed by atoms with van der Waals surface area (Å²) in [6, 6.07) is 11.6. The van der Waals surface area contributed by atoms with Gasteiger partial charge in [0.25, 0.3) is 11.6 Å². The number of ether oxygens (including phenoxy) is 1. The van der Waals surface area contributed by atoms with Gasteiger partial charge in [-0.05, 0) is 30.0 Å². The van der Waals surface area contributed by atoms with E-state index in [0.717, 1.165) is 17.3 Å². The predicted octanol–water partition coefficient (Wildman–Crippen LogP) is 2.81. The van der Waals surface area contributed by atoms with Crippen LogP contribution in [0.4, 0.5) is 5.69 Å². The fourth-order valence-electron chi connectivity index (χ4n) is 2.48. The van der Waals surface area contributed by atoms with Crippen molar-refractivity contribution in [2.45, 2.75) is 16.6 Å². The number of nitro benzene ring substituents is 1. The molecule has 3 rings (SSSR count). The number of nitrogens with zero attached hydrogens (tertiary/aromatic N) is 4. The largest absolute Gasteiger partial charge is 0.496 e. The highest BCUT2D eigenvalue weighted by atomic mass is 32.2. The molecule has 1 heterocycles. The van der Waals surface area contributed by atoms with Gasteiger partial charge in [0.1, 0.15) is 12.1 Å². The van der Waals surface area contributed by atoms with Crippen molar-refractivity contribution in [1.29, 1.82) is 0 Å². The third-order valence-corrected chi connectivity index (χ3v) is 5.04. The SMILES string of the molecule is COc1ccccc1CNC(=O)c1ccc(Sc2nncn2C)c([N+](=O)[O-])c1. The zero-order valence-corrected chi connectivity index (χ0v) is 16.0. The second-order valence-electron chi connectivity index (χ2n) is 5.76.